The van der Waals surface area contributed by atoms with E-state index in [4.69, 9.17) is 4.74 Å². The van der Waals surface area contributed by atoms with Gasteiger partial charge in [0.15, 0.2) is 0 Å². The molecule has 0 bridgehead atoms. The van der Waals surface area contributed by atoms with Gasteiger partial charge in [-0.25, -0.2) is 0 Å². The molecule has 1 heterocycles. The summed E-state index contributed by atoms with van der Waals surface area (Å²) in [7, 11) is 1.46. The summed E-state index contributed by atoms with van der Waals surface area (Å²) < 4.78 is 4.81. The van der Waals surface area contributed by atoms with E-state index < -0.39 is 0 Å². The molecular weight excluding hydrogens is 204 g/mol. The van der Waals surface area contributed by atoms with Crippen molar-refractivity contribution in [3.63, 3.8) is 0 Å². The Balaban J connectivity index is 2.58. The molecule has 16 heavy (non-hydrogen) atoms. The fraction of sp³-hybridized carbons (Fsp3) is 0.917. The molecular formula is C12H24N2O2. The molecule has 1 fully saturated rings. The van der Waals surface area contributed by atoms with E-state index in [9.17, 15) is 4.79 Å². The third kappa shape index (κ3) is 2.95. The van der Waals surface area contributed by atoms with Crippen LogP contribution in [0.25, 0.3) is 0 Å². The van der Waals surface area contributed by atoms with E-state index in [1.807, 2.05) is 6.92 Å². The minimum absolute atomic E-state index is 0.0582. The smallest absolute Gasteiger partial charge is 0.309 e. The van der Waals surface area contributed by atoms with Crippen LogP contribution < -0.4 is 5.32 Å². The number of hydrogen-bond donors (Lipinski definition) is 1. The van der Waals surface area contributed by atoms with Crippen molar-refractivity contribution < 1.29 is 9.53 Å². The lowest BCUT2D eigenvalue weighted by Crippen LogP contribution is -2.61. The predicted octanol–water partition coefficient (Wildman–Crippen LogP) is 0.868. The number of ether oxygens (including phenoxy) is 1. The molecule has 0 spiro atoms. The lowest BCUT2D eigenvalue weighted by atomic mass is 9.98. The first kappa shape index (κ1) is 13.5. The topological polar surface area (TPSA) is 41.6 Å². The maximum atomic E-state index is 11.5. The van der Waals surface area contributed by atoms with Crippen LogP contribution >= 0.6 is 0 Å². The molecule has 0 saturated carbocycles. The second-order valence-corrected chi connectivity index (χ2v) is 4.60. The molecule has 1 N–H and O–H groups in total. The second-order valence-electron chi connectivity index (χ2n) is 4.60. The average Bonchev–Trinajstić information content (AvgIpc) is 2.23. The average molecular weight is 228 g/mol. The minimum atomic E-state index is -0.110. The summed E-state index contributed by atoms with van der Waals surface area (Å²) in [5.74, 6) is -0.168. The molecule has 2 unspecified atom stereocenters. The molecule has 4 nitrogen and oxygen atoms in total. The second kappa shape index (κ2) is 6.21. The van der Waals surface area contributed by atoms with E-state index >= 15 is 0 Å². The highest BCUT2D eigenvalue weighted by Crippen LogP contribution is 2.18. The largest absolute Gasteiger partial charge is 0.469 e. The number of nitrogens with one attached hydrogen (secondary N) is 1. The number of carbonyl (C=O) groups excluding carboxylic acids is 1. The van der Waals surface area contributed by atoms with Crippen LogP contribution in [0.15, 0.2) is 0 Å². The summed E-state index contributed by atoms with van der Waals surface area (Å²) in [6.07, 6.45) is 1.12. The number of hydrogen-bond acceptors (Lipinski definition) is 4. The highest BCUT2D eigenvalue weighted by atomic mass is 16.5. The number of methoxy groups -OCH3 is 1. The maximum absolute atomic E-state index is 11.5. The van der Waals surface area contributed by atoms with Gasteiger partial charge in [-0.05, 0) is 19.9 Å². The van der Waals surface area contributed by atoms with E-state index in [1.54, 1.807) is 0 Å². The molecule has 1 rings (SSSR count). The summed E-state index contributed by atoms with van der Waals surface area (Å²) in [5, 5.41) is 3.28. The Bertz CT molecular complexity index is 229. The van der Waals surface area contributed by atoms with E-state index in [2.05, 4.69) is 24.1 Å². The number of esters is 1. The van der Waals surface area contributed by atoms with Crippen molar-refractivity contribution in [2.75, 3.05) is 26.7 Å². The third-order valence-electron chi connectivity index (χ3n) is 3.53. The number of rotatable bonds is 6. The van der Waals surface area contributed by atoms with Crippen molar-refractivity contribution in [3.8, 4) is 0 Å². The highest BCUT2D eigenvalue weighted by Gasteiger charge is 2.32. The predicted molar refractivity (Wildman–Crippen MR) is 64.3 cm³/mol. The van der Waals surface area contributed by atoms with Gasteiger partial charge in [-0.3, -0.25) is 9.69 Å². The molecule has 0 radical (unpaired) electrons. The van der Waals surface area contributed by atoms with Gasteiger partial charge in [-0.15, -0.1) is 0 Å². The molecule has 1 saturated heterocycles. The molecule has 0 aromatic carbocycles. The first-order valence-corrected chi connectivity index (χ1v) is 6.16. The zero-order valence-electron chi connectivity index (χ0n) is 10.8. The van der Waals surface area contributed by atoms with Gasteiger partial charge in [-0.1, -0.05) is 13.8 Å². The summed E-state index contributed by atoms with van der Waals surface area (Å²) >= 11 is 0. The minimum Gasteiger partial charge on any atom is -0.469 e. The van der Waals surface area contributed by atoms with Crippen molar-refractivity contribution >= 4 is 5.97 Å². The molecule has 0 aliphatic carbocycles. The summed E-state index contributed by atoms with van der Waals surface area (Å²) in [4.78, 5) is 14.0. The Labute approximate surface area is 98.3 Å². The van der Waals surface area contributed by atoms with Crippen LogP contribution in [0.4, 0.5) is 0 Å². The number of carbonyl (C=O) groups is 1. The first-order valence-electron chi connectivity index (χ1n) is 6.16. The summed E-state index contributed by atoms with van der Waals surface area (Å²) in [5.41, 5.74) is 0. The Morgan fingerprint density at radius 2 is 2.12 bits per heavy atom. The fourth-order valence-electron chi connectivity index (χ4n) is 2.15. The molecule has 1 aliphatic rings. The van der Waals surface area contributed by atoms with Crippen molar-refractivity contribution in [2.45, 2.75) is 39.3 Å². The van der Waals surface area contributed by atoms with Crippen LogP contribution in [0.5, 0.6) is 0 Å². The van der Waals surface area contributed by atoms with Crippen molar-refractivity contribution in [3.05, 3.63) is 0 Å². The van der Waals surface area contributed by atoms with Crippen LogP contribution in [-0.2, 0) is 9.53 Å². The third-order valence-corrected chi connectivity index (χ3v) is 3.53. The Morgan fingerprint density at radius 1 is 1.50 bits per heavy atom. The van der Waals surface area contributed by atoms with Gasteiger partial charge >= 0.3 is 5.97 Å². The van der Waals surface area contributed by atoms with Gasteiger partial charge < -0.3 is 10.1 Å². The van der Waals surface area contributed by atoms with Crippen LogP contribution in [-0.4, -0.2) is 49.7 Å². The zero-order chi connectivity index (χ0) is 12.1. The molecule has 0 amide bonds. The maximum Gasteiger partial charge on any atom is 0.309 e. The van der Waals surface area contributed by atoms with Gasteiger partial charge in [0, 0.05) is 25.2 Å². The highest BCUT2D eigenvalue weighted by molar-refractivity contribution is 5.72. The normalized spacial score (nSPS) is 20.3. The van der Waals surface area contributed by atoms with Gasteiger partial charge in [0.05, 0.1) is 13.0 Å². The van der Waals surface area contributed by atoms with Gasteiger partial charge in [0.25, 0.3) is 0 Å². The van der Waals surface area contributed by atoms with Crippen LogP contribution in [0.2, 0.25) is 0 Å². The molecule has 2 atom stereocenters. The van der Waals surface area contributed by atoms with Gasteiger partial charge in [-0.2, -0.15) is 0 Å². The van der Waals surface area contributed by atoms with Crippen molar-refractivity contribution in [2.24, 2.45) is 5.92 Å². The van der Waals surface area contributed by atoms with E-state index in [1.165, 1.54) is 7.11 Å². The molecule has 94 valence electrons. The monoisotopic (exact) mass is 228 g/mol. The lowest BCUT2D eigenvalue weighted by Gasteiger charge is -2.43. The van der Waals surface area contributed by atoms with Gasteiger partial charge in [0.2, 0.25) is 0 Å². The van der Waals surface area contributed by atoms with E-state index in [-0.39, 0.29) is 17.9 Å². The quantitative estimate of drug-likeness (QED) is 0.685. The van der Waals surface area contributed by atoms with Crippen molar-refractivity contribution in [1.82, 2.24) is 10.2 Å². The molecule has 0 aromatic heterocycles. The summed E-state index contributed by atoms with van der Waals surface area (Å²) in [6.45, 7) is 9.38. The number of nitrogens with zero attached hydrogens (tertiary/aromatic N) is 1. The Hall–Kier alpha value is -0.610. The lowest BCUT2D eigenvalue weighted by molar-refractivity contribution is -0.147. The Morgan fingerprint density at radius 3 is 2.50 bits per heavy atom. The fourth-order valence-corrected chi connectivity index (χ4v) is 2.15. The molecule has 4 heteroatoms. The zero-order valence-corrected chi connectivity index (χ0v) is 10.8. The molecule has 1 aliphatic heterocycles. The summed E-state index contributed by atoms with van der Waals surface area (Å²) in [6, 6.07) is 0.835. The van der Waals surface area contributed by atoms with Gasteiger partial charge in [0.1, 0.15) is 0 Å². The van der Waals surface area contributed by atoms with E-state index in [0.29, 0.717) is 6.04 Å². The van der Waals surface area contributed by atoms with Crippen LogP contribution in [0.1, 0.15) is 27.2 Å². The SMILES string of the molecule is CCCN(C1CNC1)C(C)C(C)C(=O)OC. The molecule has 0 aromatic rings. The van der Waals surface area contributed by atoms with E-state index in [0.717, 1.165) is 26.1 Å². The van der Waals surface area contributed by atoms with Crippen LogP contribution in [0.3, 0.4) is 0 Å². The first-order chi connectivity index (χ1) is 7.61. The van der Waals surface area contributed by atoms with Crippen LogP contribution in [0, 0.1) is 5.92 Å². The van der Waals surface area contributed by atoms with Crippen molar-refractivity contribution in [1.29, 1.82) is 0 Å². The Kier molecular flexibility index (Phi) is 5.22. The standard InChI is InChI=1S/C12H24N2O2/c1-5-6-14(11-7-13-8-11)10(3)9(2)12(15)16-4/h9-11,13H,5-8H2,1-4H3.